The second-order valence-electron chi connectivity index (χ2n) is 6.55. The molecule has 0 aliphatic heterocycles. The van der Waals surface area contributed by atoms with Crippen LogP contribution in [0.4, 0.5) is 17.5 Å². The molecule has 6 nitrogen and oxygen atoms in total. The van der Waals surface area contributed by atoms with Crippen LogP contribution in [-0.2, 0) is 6.61 Å². The fourth-order valence-corrected chi connectivity index (χ4v) is 2.86. The Morgan fingerprint density at radius 1 is 0.929 bits per heavy atom. The van der Waals surface area contributed by atoms with Gasteiger partial charge in [0.25, 0.3) is 0 Å². The highest BCUT2D eigenvalue weighted by Crippen LogP contribution is 2.20. The molecule has 0 atom stereocenters. The van der Waals surface area contributed by atoms with Crippen LogP contribution in [0.1, 0.15) is 32.3 Å². The van der Waals surface area contributed by atoms with Gasteiger partial charge in [0.15, 0.2) is 5.82 Å². The lowest BCUT2D eigenvalue weighted by molar-refractivity contribution is 0.306. The maximum absolute atomic E-state index is 5.83. The van der Waals surface area contributed by atoms with Crippen molar-refractivity contribution < 1.29 is 4.74 Å². The first-order chi connectivity index (χ1) is 13.8. The van der Waals surface area contributed by atoms with Crippen molar-refractivity contribution in [2.75, 3.05) is 23.3 Å². The third-order valence-electron chi connectivity index (χ3n) is 4.19. The minimum atomic E-state index is 0.553. The van der Waals surface area contributed by atoms with Crippen molar-refractivity contribution in [1.82, 2.24) is 15.2 Å². The fourth-order valence-electron chi connectivity index (χ4n) is 2.86. The van der Waals surface area contributed by atoms with Crippen LogP contribution < -0.4 is 15.0 Å². The molecular formula is C22H27N5O. The number of nitrogens with zero attached hydrogens (tertiary/aromatic N) is 4. The summed E-state index contributed by atoms with van der Waals surface area (Å²) in [5, 5.41) is 11.6. The van der Waals surface area contributed by atoms with E-state index in [1.165, 1.54) is 0 Å². The maximum atomic E-state index is 5.83. The van der Waals surface area contributed by atoms with Crippen molar-refractivity contribution in [2.24, 2.45) is 0 Å². The zero-order chi connectivity index (χ0) is 19.6. The molecule has 1 N–H and O–H groups in total. The van der Waals surface area contributed by atoms with Gasteiger partial charge in [0, 0.05) is 18.8 Å². The van der Waals surface area contributed by atoms with Gasteiger partial charge < -0.3 is 15.0 Å². The summed E-state index contributed by atoms with van der Waals surface area (Å²) in [6.07, 6.45) is 3.73. The van der Waals surface area contributed by atoms with E-state index in [9.17, 15) is 0 Å². The predicted molar refractivity (Wildman–Crippen MR) is 113 cm³/mol. The SMILES string of the molecule is CCCN(CCC)c1nncc(Nc2ccc(OCc3ccccc3)cc2)n1. The summed E-state index contributed by atoms with van der Waals surface area (Å²) in [6.45, 7) is 6.70. The summed E-state index contributed by atoms with van der Waals surface area (Å²) in [5.74, 6) is 2.17. The van der Waals surface area contributed by atoms with E-state index in [2.05, 4.69) is 51.4 Å². The molecule has 0 bridgehead atoms. The minimum Gasteiger partial charge on any atom is -0.489 e. The van der Waals surface area contributed by atoms with Crippen LogP contribution in [-0.4, -0.2) is 28.3 Å². The molecule has 2 aromatic carbocycles. The summed E-state index contributed by atoms with van der Waals surface area (Å²) < 4.78 is 5.83. The number of benzene rings is 2. The van der Waals surface area contributed by atoms with Crippen LogP contribution in [0.25, 0.3) is 0 Å². The molecule has 3 aromatic rings. The smallest absolute Gasteiger partial charge is 0.247 e. The average molecular weight is 377 g/mol. The molecule has 0 aliphatic rings. The average Bonchev–Trinajstić information content (AvgIpc) is 2.74. The molecule has 146 valence electrons. The lowest BCUT2D eigenvalue weighted by Gasteiger charge is -2.21. The molecular weight excluding hydrogens is 350 g/mol. The third kappa shape index (κ3) is 5.67. The zero-order valence-corrected chi connectivity index (χ0v) is 16.5. The van der Waals surface area contributed by atoms with E-state index in [4.69, 9.17) is 4.74 Å². The first-order valence-electron chi connectivity index (χ1n) is 9.77. The monoisotopic (exact) mass is 377 g/mol. The minimum absolute atomic E-state index is 0.553. The highest BCUT2D eigenvalue weighted by Gasteiger charge is 2.09. The van der Waals surface area contributed by atoms with E-state index in [1.54, 1.807) is 6.20 Å². The van der Waals surface area contributed by atoms with Gasteiger partial charge in [-0.25, -0.2) is 0 Å². The standard InChI is InChI=1S/C22H27N5O/c1-3-14-27(15-4-2)22-25-21(16-23-26-22)24-19-10-12-20(13-11-19)28-17-18-8-6-5-7-9-18/h5-13,16H,3-4,14-15,17H2,1-2H3,(H,24,25,26). The van der Waals surface area contributed by atoms with Gasteiger partial charge in [-0.05, 0) is 42.7 Å². The van der Waals surface area contributed by atoms with Crippen LogP contribution >= 0.6 is 0 Å². The van der Waals surface area contributed by atoms with E-state index in [-0.39, 0.29) is 0 Å². The second-order valence-corrected chi connectivity index (χ2v) is 6.55. The van der Waals surface area contributed by atoms with E-state index < -0.39 is 0 Å². The molecule has 0 fully saturated rings. The molecule has 0 aliphatic carbocycles. The van der Waals surface area contributed by atoms with Crippen molar-refractivity contribution in [2.45, 2.75) is 33.3 Å². The number of aromatic nitrogens is 3. The number of anilines is 3. The van der Waals surface area contributed by atoms with E-state index in [0.29, 0.717) is 18.4 Å². The second kappa shape index (κ2) is 10.3. The molecule has 1 aromatic heterocycles. The van der Waals surface area contributed by atoms with Gasteiger partial charge >= 0.3 is 0 Å². The molecule has 28 heavy (non-hydrogen) atoms. The van der Waals surface area contributed by atoms with Gasteiger partial charge in [-0.2, -0.15) is 10.1 Å². The van der Waals surface area contributed by atoms with E-state index in [0.717, 1.165) is 42.9 Å². The Labute approximate surface area is 166 Å². The summed E-state index contributed by atoms with van der Waals surface area (Å²) >= 11 is 0. The Morgan fingerprint density at radius 2 is 1.64 bits per heavy atom. The van der Waals surface area contributed by atoms with Gasteiger partial charge in [0.1, 0.15) is 12.4 Å². The highest BCUT2D eigenvalue weighted by molar-refractivity contribution is 5.57. The summed E-state index contributed by atoms with van der Waals surface area (Å²) in [5.41, 5.74) is 2.07. The summed E-state index contributed by atoms with van der Waals surface area (Å²) in [7, 11) is 0. The molecule has 0 saturated carbocycles. The molecule has 0 saturated heterocycles. The molecule has 6 heteroatoms. The molecule has 0 radical (unpaired) electrons. The van der Waals surface area contributed by atoms with Gasteiger partial charge in [-0.3, -0.25) is 0 Å². The molecule has 0 unspecified atom stereocenters. The fraction of sp³-hybridized carbons (Fsp3) is 0.318. The van der Waals surface area contributed by atoms with Crippen LogP contribution in [0.5, 0.6) is 5.75 Å². The molecule has 0 spiro atoms. The first-order valence-corrected chi connectivity index (χ1v) is 9.77. The van der Waals surface area contributed by atoms with Crippen LogP contribution in [0.3, 0.4) is 0 Å². The van der Waals surface area contributed by atoms with E-state index >= 15 is 0 Å². The lowest BCUT2D eigenvalue weighted by atomic mass is 10.2. The van der Waals surface area contributed by atoms with Crippen molar-refractivity contribution in [3.8, 4) is 5.75 Å². The summed E-state index contributed by atoms with van der Waals surface area (Å²) in [4.78, 5) is 6.78. The van der Waals surface area contributed by atoms with Gasteiger partial charge in [-0.15, -0.1) is 5.10 Å². The van der Waals surface area contributed by atoms with Crippen molar-refractivity contribution >= 4 is 17.5 Å². The first kappa shape index (κ1) is 19.6. The Hall–Kier alpha value is -3.15. The van der Waals surface area contributed by atoms with Crippen LogP contribution in [0.15, 0.2) is 60.8 Å². The van der Waals surface area contributed by atoms with Crippen LogP contribution in [0, 0.1) is 0 Å². The van der Waals surface area contributed by atoms with E-state index in [1.807, 2.05) is 42.5 Å². The van der Waals surface area contributed by atoms with Crippen molar-refractivity contribution in [3.63, 3.8) is 0 Å². The summed E-state index contributed by atoms with van der Waals surface area (Å²) in [6, 6.07) is 18.0. The van der Waals surface area contributed by atoms with Gasteiger partial charge in [0.2, 0.25) is 5.95 Å². The molecule has 3 rings (SSSR count). The molecule has 0 amide bonds. The number of hydrogen-bond acceptors (Lipinski definition) is 6. The quantitative estimate of drug-likeness (QED) is 0.546. The van der Waals surface area contributed by atoms with Crippen LogP contribution in [0.2, 0.25) is 0 Å². The Morgan fingerprint density at radius 3 is 2.32 bits per heavy atom. The number of rotatable bonds is 10. The molecule has 1 heterocycles. The Kier molecular flexibility index (Phi) is 7.18. The number of ether oxygens (including phenoxy) is 1. The third-order valence-corrected chi connectivity index (χ3v) is 4.19. The normalized spacial score (nSPS) is 10.5. The van der Waals surface area contributed by atoms with Gasteiger partial charge in [-0.1, -0.05) is 44.2 Å². The largest absolute Gasteiger partial charge is 0.489 e. The Balaban J connectivity index is 1.61. The number of hydrogen-bond donors (Lipinski definition) is 1. The zero-order valence-electron chi connectivity index (χ0n) is 16.5. The van der Waals surface area contributed by atoms with Crippen molar-refractivity contribution in [3.05, 3.63) is 66.4 Å². The number of nitrogens with one attached hydrogen (secondary N) is 1. The van der Waals surface area contributed by atoms with Gasteiger partial charge in [0.05, 0.1) is 6.20 Å². The lowest BCUT2D eigenvalue weighted by Crippen LogP contribution is -2.27. The maximum Gasteiger partial charge on any atom is 0.247 e. The predicted octanol–water partition coefficient (Wildman–Crippen LogP) is 4.82. The topological polar surface area (TPSA) is 63.2 Å². The van der Waals surface area contributed by atoms with Crippen molar-refractivity contribution in [1.29, 1.82) is 0 Å². The highest BCUT2D eigenvalue weighted by atomic mass is 16.5. The Bertz CT molecular complexity index is 833.